The highest BCUT2D eigenvalue weighted by atomic mass is 16.5. The van der Waals surface area contributed by atoms with Gasteiger partial charge in [-0.25, -0.2) is 4.79 Å². The third-order valence-corrected chi connectivity index (χ3v) is 3.48. The lowest BCUT2D eigenvalue weighted by atomic mass is 10.1. The van der Waals surface area contributed by atoms with Crippen molar-refractivity contribution in [3.8, 4) is 0 Å². The first-order chi connectivity index (χ1) is 10.7. The molecule has 0 atom stereocenters. The van der Waals surface area contributed by atoms with Gasteiger partial charge in [0.15, 0.2) is 0 Å². The van der Waals surface area contributed by atoms with Gasteiger partial charge in [-0.3, -0.25) is 4.98 Å². The lowest BCUT2D eigenvalue weighted by molar-refractivity contribution is 0.0471. The highest BCUT2D eigenvalue weighted by molar-refractivity contribution is 5.90. The van der Waals surface area contributed by atoms with Crippen LogP contribution in [-0.2, 0) is 29.1 Å². The summed E-state index contributed by atoms with van der Waals surface area (Å²) in [5.74, 6) is -0.340. The van der Waals surface area contributed by atoms with Crippen molar-refractivity contribution in [3.05, 3.63) is 64.5 Å². The zero-order chi connectivity index (χ0) is 15.9. The predicted molar refractivity (Wildman–Crippen MR) is 84.6 cm³/mol. The van der Waals surface area contributed by atoms with Gasteiger partial charge in [-0.1, -0.05) is 37.3 Å². The van der Waals surface area contributed by atoms with Crippen LogP contribution in [0.1, 0.15) is 39.8 Å². The Bertz CT molecular complexity index is 638. The van der Waals surface area contributed by atoms with E-state index < -0.39 is 0 Å². The van der Waals surface area contributed by atoms with Gasteiger partial charge in [-0.15, -0.1) is 0 Å². The summed E-state index contributed by atoms with van der Waals surface area (Å²) < 4.78 is 10.5. The molecule has 0 aliphatic heterocycles. The van der Waals surface area contributed by atoms with E-state index in [2.05, 4.69) is 4.98 Å². The summed E-state index contributed by atoms with van der Waals surface area (Å²) in [6.07, 6.45) is 0.797. The molecule has 2 rings (SSSR count). The molecule has 0 unspecified atom stereocenters. The van der Waals surface area contributed by atoms with Crippen LogP contribution in [0.2, 0.25) is 0 Å². The van der Waals surface area contributed by atoms with Gasteiger partial charge in [0.25, 0.3) is 0 Å². The van der Waals surface area contributed by atoms with Crippen LogP contribution < -0.4 is 0 Å². The van der Waals surface area contributed by atoms with Crippen molar-refractivity contribution in [2.45, 2.75) is 33.5 Å². The number of benzene rings is 1. The summed E-state index contributed by atoms with van der Waals surface area (Å²) in [5.41, 5.74) is 4.05. The number of nitrogens with zero attached hydrogens (tertiary/aromatic N) is 1. The minimum atomic E-state index is -0.340. The molecule has 0 N–H and O–H groups in total. The van der Waals surface area contributed by atoms with Crippen molar-refractivity contribution in [2.75, 3.05) is 7.11 Å². The molecule has 1 heterocycles. The number of carbonyl (C=O) groups is 1. The van der Waals surface area contributed by atoms with Gasteiger partial charge in [-0.05, 0) is 30.5 Å². The fraction of sp³-hybridized carbons (Fsp3) is 0.333. The fourth-order valence-corrected chi connectivity index (χ4v) is 2.27. The number of esters is 1. The van der Waals surface area contributed by atoms with Crippen molar-refractivity contribution < 1.29 is 14.3 Å². The second kappa shape index (κ2) is 7.71. The molecule has 2 aromatic rings. The third kappa shape index (κ3) is 3.92. The van der Waals surface area contributed by atoms with Gasteiger partial charge in [0.1, 0.15) is 6.61 Å². The van der Waals surface area contributed by atoms with E-state index in [1.165, 1.54) is 0 Å². The van der Waals surface area contributed by atoms with Gasteiger partial charge in [0.2, 0.25) is 0 Å². The number of carbonyl (C=O) groups excluding carboxylic acids is 1. The first-order valence-electron chi connectivity index (χ1n) is 7.35. The molecule has 22 heavy (non-hydrogen) atoms. The van der Waals surface area contributed by atoms with Gasteiger partial charge in [-0.2, -0.15) is 0 Å². The van der Waals surface area contributed by atoms with Gasteiger partial charge in [0, 0.05) is 7.11 Å². The maximum Gasteiger partial charge on any atom is 0.340 e. The molecule has 0 fully saturated rings. The molecule has 0 aliphatic rings. The first kappa shape index (κ1) is 16.2. The van der Waals surface area contributed by atoms with Crippen molar-refractivity contribution in [3.63, 3.8) is 0 Å². The Morgan fingerprint density at radius 1 is 1.18 bits per heavy atom. The SMILES string of the molecule is CCc1cc(C(=O)OCc2ccccc2)c(C)nc1COC. The number of ether oxygens (including phenoxy) is 2. The van der Waals surface area contributed by atoms with Crippen LogP contribution in [0.25, 0.3) is 0 Å². The van der Waals surface area contributed by atoms with Gasteiger partial charge >= 0.3 is 5.97 Å². The van der Waals surface area contributed by atoms with E-state index in [1.54, 1.807) is 7.11 Å². The normalized spacial score (nSPS) is 10.5. The molecular formula is C18H21NO3. The van der Waals surface area contributed by atoms with E-state index in [0.717, 1.165) is 23.2 Å². The minimum Gasteiger partial charge on any atom is -0.457 e. The average Bonchev–Trinajstić information content (AvgIpc) is 2.54. The van der Waals surface area contributed by atoms with Crippen LogP contribution in [0.5, 0.6) is 0 Å². The number of aryl methyl sites for hydroxylation is 2. The highest BCUT2D eigenvalue weighted by Crippen LogP contribution is 2.16. The van der Waals surface area contributed by atoms with Crippen molar-refractivity contribution in [1.82, 2.24) is 4.98 Å². The molecule has 0 spiro atoms. The number of pyridine rings is 1. The van der Waals surface area contributed by atoms with Crippen LogP contribution in [0.3, 0.4) is 0 Å². The van der Waals surface area contributed by atoms with E-state index in [-0.39, 0.29) is 12.6 Å². The van der Waals surface area contributed by atoms with Crippen molar-refractivity contribution in [1.29, 1.82) is 0 Å². The van der Waals surface area contributed by atoms with Crippen LogP contribution in [0, 0.1) is 6.92 Å². The summed E-state index contributed by atoms with van der Waals surface area (Å²) in [7, 11) is 1.64. The molecule has 0 amide bonds. The monoisotopic (exact) mass is 299 g/mol. The second-order valence-corrected chi connectivity index (χ2v) is 5.08. The molecule has 0 aliphatic carbocycles. The highest BCUT2D eigenvalue weighted by Gasteiger charge is 2.15. The van der Waals surface area contributed by atoms with Crippen LogP contribution >= 0.6 is 0 Å². The Kier molecular flexibility index (Phi) is 5.67. The number of methoxy groups -OCH3 is 1. The number of rotatable bonds is 6. The largest absolute Gasteiger partial charge is 0.457 e. The molecule has 1 aromatic heterocycles. The van der Waals surface area contributed by atoms with E-state index >= 15 is 0 Å². The Hall–Kier alpha value is -2.20. The second-order valence-electron chi connectivity index (χ2n) is 5.08. The molecule has 4 nitrogen and oxygen atoms in total. The Labute approximate surface area is 131 Å². The Morgan fingerprint density at radius 2 is 1.91 bits per heavy atom. The Morgan fingerprint density at radius 3 is 2.55 bits per heavy atom. The molecule has 0 radical (unpaired) electrons. The van der Waals surface area contributed by atoms with Crippen molar-refractivity contribution in [2.24, 2.45) is 0 Å². The molecule has 0 saturated heterocycles. The van der Waals surface area contributed by atoms with Crippen LogP contribution in [0.15, 0.2) is 36.4 Å². The smallest absolute Gasteiger partial charge is 0.340 e. The molecule has 1 aromatic carbocycles. The van der Waals surface area contributed by atoms with Crippen LogP contribution in [0.4, 0.5) is 0 Å². The fourth-order valence-electron chi connectivity index (χ4n) is 2.27. The number of hydrogen-bond acceptors (Lipinski definition) is 4. The zero-order valence-corrected chi connectivity index (χ0v) is 13.3. The number of hydrogen-bond donors (Lipinski definition) is 0. The van der Waals surface area contributed by atoms with Crippen LogP contribution in [-0.4, -0.2) is 18.1 Å². The van der Waals surface area contributed by atoms with E-state index in [9.17, 15) is 4.79 Å². The maximum atomic E-state index is 12.3. The molecule has 0 saturated carbocycles. The standard InChI is InChI=1S/C18H21NO3/c1-4-15-10-16(13(2)19-17(15)12-21-3)18(20)22-11-14-8-6-5-7-9-14/h5-10H,4,11-12H2,1-3H3. The molecule has 0 bridgehead atoms. The maximum absolute atomic E-state index is 12.3. The van der Waals surface area contributed by atoms with E-state index in [1.807, 2.05) is 50.2 Å². The quantitative estimate of drug-likeness (QED) is 0.766. The van der Waals surface area contributed by atoms with E-state index in [0.29, 0.717) is 17.9 Å². The first-order valence-corrected chi connectivity index (χ1v) is 7.35. The predicted octanol–water partition coefficient (Wildman–Crippen LogP) is 3.46. The minimum absolute atomic E-state index is 0.264. The molecular weight excluding hydrogens is 278 g/mol. The Balaban J connectivity index is 2.15. The van der Waals surface area contributed by atoms with E-state index in [4.69, 9.17) is 9.47 Å². The summed E-state index contributed by atoms with van der Waals surface area (Å²) in [6.45, 7) is 4.56. The average molecular weight is 299 g/mol. The van der Waals surface area contributed by atoms with Crippen molar-refractivity contribution >= 4 is 5.97 Å². The molecule has 4 heteroatoms. The number of aromatic nitrogens is 1. The third-order valence-electron chi connectivity index (χ3n) is 3.48. The van der Waals surface area contributed by atoms with Gasteiger partial charge < -0.3 is 9.47 Å². The zero-order valence-electron chi connectivity index (χ0n) is 13.3. The summed E-state index contributed by atoms with van der Waals surface area (Å²) >= 11 is 0. The summed E-state index contributed by atoms with van der Waals surface area (Å²) in [6, 6.07) is 11.5. The topological polar surface area (TPSA) is 48.4 Å². The summed E-state index contributed by atoms with van der Waals surface area (Å²) in [5, 5.41) is 0. The molecule has 116 valence electrons. The van der Waals surface area contributed by atoms with Gasteiger partial charge in [0.05, 0.1) is 23.6 Å². The lowest BCUT2D eigenvalue weighted by Crippen LogP contribution is -2.11. The summed E-state index contributed by atoms with van der Waals surface area (Å²) in [4.78, 5) is 16.8. The lowest BCUT2D eigenvalue weighted by Gasteiger charge is -2.12.